The Bertz CT molecular complexity index is 618. The third kappa shape index (κ3) is 3.49. The maximum atomic E-state index is 13.8. The summed E-state index contributed by atoms with van der Waals surface area (Å²) in [6, 6.07) is 12.1. The molecule has 0 fully saturated rings. The number of hydrogen-bond donors (Lipinski definition) is 1. The van der Waals surface area contributed by atoms with Crippen LogP contribution in [0.5, 0.6) is 0 Å². The number of halogens is 2. The largest absolute Gasteiger partial charge is 0.326 e. The predicted molar refractivity (Wildman–Crippen MR) is 78.5 cm³/mol. The SMILES string of the molecule is NCc1ccc(CS(=O)c2ccccc2Br)c(F)c1. The fourth-order valence-corrected chi connectivity index (χ4v) is 3.70. The van der Waals surface area contributed by atoms with E-state index in [-0.39, 0.29) is 11.6 Å². The molecule has 0 amide bonds. The van der Waals surface area contributed by atoms with Crippen molar-refractivity contribution in [1.29, 1.82) is 0 Å². The molecular formula is C14H13BrFNOS. The zero-order valence-corrected chi connectivity index (χ0v) is 12.5. The Morgan fingerprint density at radius 1 is 1.21 bits per heavy atom. The number of nitrogens with two attached hydrogens (primary N) is 1. The maximum Gasteiger partial charge on any atom is 0.127 e. The quantitative estimate of drug-likeness (QED) is 0.926. The Morgan fingerprint density at radius 3 is 2.58 bits per heavy atom. The van der Waals surface area contributed by atoms with Crippen molar-refractivity contribution in [3.05, 3.63) is 63.9 Å². The van der Waals surface area contributed by atoms with Crippen LogP contribution in [0.25, 0.3) is 0 Å². The van der Waals surface area contributed by atoms with Crippen LogP contribution in [0.3, 0.4) is 0 Å². The highest BCUT2D eigenvalue weighted by Crippen LogP contribution is 2.23. The first kappa shape index (κ1) is 14.4. The lowest BCUT2D eigenvalue weighted by atomic mass is 10.1. The molecule has 0 spiro atoms. The smallest absolute Gasteiger partial charge is 0.127 e. The van der Waals surface area contributed by atoms with Crippen LogP contribution in [0.4, 0.5) is 4.39 Å². The minimum absolute atomic E-state index is 0.152. The highest BCUT2D eigenvalue weighted by Gasteiger charge is 2.11. The van der Waals surface area contributed by atoms with Gasteiger partial charge in [-0.3, -0.25) is 4.21 Å². The molecule has 0 aromatic heterocycles. The van der Waals surface area contributed by atoms with Gasteiger partial charge in [-0.25, -0.2) is 4.39 Å². The third-order valence-electron chi connectivity index (χ3n) is 2.72. The van der Waals surface area contributed by atoms with Gasteiger partial charge in [-0.05, 0) is 39.7 Å². The molecule has 0 heterocycles. The van der Waals surface area contributed by atoms with Crippen molar-refractivity contribution in [2.75, 3.05) is 0 Å². The predicted octanol–water partition coefficient (Wildman–Crippen LogP) is 3.35. The molecule has 2 rings (SSSR count). The summed E-state index contributed by atoms with van der Waals surface area (Å²) in [5.41, 5.74) is 6.61. The van der Waals surface area contributed by atoms with E-state index >= 15 is 0 Å². The van der Waals surface area contributed by atoms with Crippen molar-refractivity contribution in [1.82, 2.24) is 0 Å². The Hall–Kier alpha value is -1.04. The Labute approximate surface area is 122 Å². The van der Waals surface area contributed by atoms with E-state index in [0.717, 1.165) is 10.0 Å². The highest BCUT2D eigenvalue weighted by molar-refractivity contribution is 9.10. The zero-order chi connectivity index (χ0) is 13.8. The van der Waals surface area contributed by atoms with E-state index in [1.807, 2.05) is 18.2 Å². The van der Waals surface area contributed by atoms with Crippen LogP contribution in [0.1, 0.15) is 11.1 Å². The van der Waals surface area contributed by atoms with Gasteiger partial charge in [0.2, 0.25) is 0 Å². The average Bonchev–Trinajstić information content (AvgIpc) is 2.41. The van der Waals surface area contributed by atoms with Crippen molar-refractivity contribution >= 4 is 26.7 Å². The molecule has 2 aromatic rings. The zero-order valence-electron chi connectivity index (χ0n) is 10.1. The van der Waals surface area contributed by atoms with Crippen molar-refractivity contribution < 1.29 is 8.60 Å². The second-order valence-corrected chi connectivity index (χ2v) is 6.32. The van der Waals surface area contributed by atoms with Gasteiger partial charge in [-0.1, -0.05) is 24.3 Å². The number of hydrogen-bond acceptors (Lipinski definition) is 2. The fraction of sp³-hybridized carbons (Fsp3) is 0.143. The lowest BCUT2D eigenvalue weighted by molar-refractivity contribution is 0.613. The first-order chi connectivity index (χ1) is 9.11. The van der Waals surface area contributed by atoms with Crippen LogP contribution >= 0.6 is 15.9 Å². The molecule has 100 valence electrons. The minimum Gasteiger partial charge on any atom is -0.326 e. The van der Waals surface area contributed by atoms with Gasteiger partial charge in [0, 0.05) is 16.6 Å². The molecule has 0 saturated heterocycles. The van der Waals surface area contributed by atoms with Crippen LogP contribution in [0.2, 0.25) is 0 Å². The standard InChI is InChI=1S/C14H13BrFNOS/c15-12-3-1-2-4-14(12)19(18)9-11-6-5-10(8-17)7-13(11)16/h1-7H,8-9,17H2. The van der Waals surface area contributed by atoms with Gasteiger partial charge in [-0.2, -0.15) is 0 Å². The molecule has 2 N–H and O–H groups in total. The van der Waals surface area contributed by atoms with E-state index in [4.69, 9.17) is 5.73 Å². The molecule has 2 nitrogen and oxygen atoms in total. The van der Waals surface area contributed by atoms with Gasteiger partial charge in [0.15, 0.2) is 0 Å². The normalized spacial score (nSPS) is 12.4. The molecule has 19 heavy (non-hydrogen) atoms. The number of rotatable bonds is 4. The van der Waals surface area contributed by atoms with Gasteiger partial charge in [0.1, 0.15) is 5.82 Å². The van der Waals surface area contributed by atoms with E-state index in [2.05, 4.69) is 15.9 Å². The van der Waals surface area contributed by atoms with Crippen LogP contribution in [-0.4, -0.2) is 4.21 Å². The van der Waals surface area contributed by atoms with E-state index < -0.39 is 10.8 Å². The summed E-state index contributed by atoms with van der Waals surface area (Å²) in [6.07, 6.45) is 0. The van der Waals surface area contributed by atoms with Crippen LogP contribution in [0.15, 0.2) is 51.8 Å². The molecule has 2 aromatic carbocycles. The summed E-state index contributed by atoms with van der Waals surface area (Å²) < 4.78 is 26.8. The molecule has 5 heteroatoms. The molecule has 1 atom stereocenters. The van der Waals surface area contributed by atoms with Crippen LogP contribution < -0.4 is 5.73 Å². The molecule has 1 unspecified atom stereocenters. The van der Waals surface area contributed by atoms with Gasteiger partial charge < -0.3 is 5.73 Å². The topological polar surface area (TPSA) is 43.1 Å². The van der Waals surface area contributed by atoms with E-state index in [1.54, 1.807) is 18.2 Å². The summed E-state index contributed by atoms with van der Waals surface area (Å²) in [5.74, 6) is -0.206. The summed E-state index contributed by atoms with van der Waals surface area (Å²) in [5, 5.41) is 0. The molecular weight excluding hydrogens is 329 g/mol. The monoisotopic (exact) mass is 341 g/mol. The molecule has 0 aliphatic carbocycles. The summed E-state index contributed by atoms with van der Waals surface area (Å²) in [4.78, 5) is 0.671. The molecule has 0 saturated carbocycles. The fourth-order valence-electron chi connectivity index (χ4n) is 1.68. The van der Waals surface area contributed by atoms with Crippen molar-refractivity contribution in [3.63, 3.8) is 0 Å². The molecule has 0 radical (unpaired) electrons. The average molecular weight is 342 g/mol. The Morgan fingerprint density at radius 2 is 1.95 bits per heavy atom. The minimum atomic E-state index is -1.28. The van der Waals surface area contributed by atoms with Crippen molar-refractivity contribution in [3.8, 4) is 0 Å². The maximum absolute atomic E-state index is 13.8. The lowest BCUT2D eigenvalue weighted by Crippen LogP contribution is -2.02. The van der Waals surface area contributed by atoms with Gasteiger partial charge in [-0.15, -0.1) is 0 Å². The van der Waals surface area contributed by atoms with Gasteiger partial charge in [0.25, 0.3) is 0 Å². The number of benzene rings is 2. The highest BCUT2D eigenvalue weighted by atomic mass is 79.9. The van der Waals surface area contributed by atoms with Crippen LogP contribution in [-0.2, 0) is 23.1 Å². The van der Waals surface area contributed by atoms with Gasteiger partial charge >= 0.3 is 0 Å². The molecule has 0 bridgehead atoms. The molecule has 0 aliphatic rings. The summed E-state index contributed by atoms with van der Waals surface area (Å²) in [7, 11) is -1.28. The second-order valence-electron chi connectivity index (χ2n) is 4.05. The lowest BCUT2D eigenvalue weighted by Gasteiger charge is -2.07. The van der Waals surface area contributed by atoms with Crippen molar-refractivity contribution in [2.24, 2.45) is 5.73 Å². The van der Waals surface area contributed by atoms with Gasteiger partial charge in [0.05, 0.1) is 21.4 Å². The first-order valence-electron chi connectivity index (χ1n) is 5.72. The first-order valence-corrected chi connectivity index (χ1v) is 7.83. The Balaban J connectivity index is 2.22. The molecule has 0 aliphatic heterocycles. The van der Waals surface area contributed by atoms with E-state index in [1.165, 1.54) is 6.07 Å². The Kier molecular flexibility index (Phi) is 4.85. The van der Waals surface area contributed by atoms with E-state index in [9.17, 15) is 8.60 Å². The third-order valence-corrected chi connectivity index (χ3v) is 5.10. The van der Waals surface area contributed by atoms with Crippen LogP contribution in [0, 0.1) is 5.82 Å². The van der Waals surface area contributed by atoms with Crippen molar-refractivity contribution in [2.45, 2.75) is 17.2 Å². The second kappa shape index (κ2) is 6.41. The summed E-state index contributed by atoms with van der Waals surface area (Å²) in [6.45, 7) is 0.296. The van der Waals surface area contributed by atoms with E-state index in [0.29, 0.717) is 17.0 Å². The summed E-state index contributed by atoms with van der Waals surface area (Å²) >= 11 is 3.35.